The van der Waals surface area contributed by atoms with Gasteiger partial charge in [-0.2, -0.15) is 0 Å². The third kappa shape index (κ3) is 2.11. The van der Waals surface area contributed by atoms with Crippen molar-refractivity contribution in [1.82, 2.24) is 4.98 Å². The Morgan fingerprint density at radius 3 is 3.06 bits per heavy atom. The van der Waals surface area contributed by atoms with Gasteiger partial charge in [-0.15, -0.1) is 0 Å². The Labute approximate surface area is 98.9 Å². The summed E-state index contributed by atoms with van der Waals surface area (Å²) in [6.07, 6.45) is 1.90. The van der Waals surface area contributed by atoms with Crippen LogP contribution in [0, 0.1) is 0 Å². The predicted molar refractivity (Wildman–Crippen MR) is 64.5 cm³/mol. The summed E-state index contributed by atoms with van der Waals surface area (Å²) in [5, 5.41) is 9.87. The number of methoxy groups -OCH3 is 1. The number of hydrogen-bond donors (Lipinski definition) is 3. The summed E-state index contributed by atoms with van der Waals surface area (Å²) >= 11 is 0. The number of rotatable bonds is 3. The lowest BCUT2D eigenvalue weighted by atomic mass is 9.85. The van der Waals surface area contributed by atoms with Crippen LogP contribution in [-0.4, -0.2) is 29.8 Å². The van der Waals surface area contributed by atoms with E-state index in [1.807, 2.05) is 6.08 Å². The third-order valence-corrected chi connectivity index (χ3v) is 3.08. The third-order valence-electron chi connectivity index (χ3n) is 3.08. The first-order valence-electron chi connectivity index (χ1n) is 5.53. The monoisotopic (exact) mass is 236 g/mol. The highest BCUT2D eigenvalue weighted by Gasteiger charge is 2.27. The SMILES string of the molecule is COC1=CC[C@@H]([C@@H](O)CN)c2ccc(=O)[nH]c21. The fourth-order valence-electron chi connectivity index (χ4n) is 2.18. The molecule has 0 aromatic carbocycles. The van der Waals surface area contributed by atoms with Crippen LogP contribution in [0.3, 0.4) is 0 Å². The molecule has 5 heteroatoms. The number of aromatic nitrogens is 1. The first-order valence-corrected chi connectivity index (χ1v) is 5.53. The van der Waals surface area contributed by atoms with E-state index >= 15 is 0 Å². The van der Waals surface area contributed by atoms with Crippen LogP contribution in [0.1, 0.15) is 23.6 Å². The minimum atomic E-state index is -0.616. The van der Waals surface area contributed by atoms with Crippen LogP contribution in [0.2, 0.25) is 0 Å². The summed E-state index contributed by atoms with van der Waals surface area (Å²) < 4.78 is 5.21. The zero-order valence-electron chi connectivity index (χ0n) is 9.64. The molecule has 0 saturated heterocycles. The van der Waals surface area contributed by atoms with E-state index < -0.39 is 6.10 Å². The number of fused-ring (bicyclic) bond motifs is 1. The zero-order chi connectivity index (χ0) is 12.4. The van der Waals surface area contributed by atoms with Crippen molar-refractivity contribution in [2.75, 3.05) is 13.7 Å². The molecule has 1 aliphatic rings. The average molecular weight is 236 g/mol. The van der Waals surface area contributed by atoms with Gasteiger partial charge in [-0.25, -0.2) is 0 Å². The minimum Gasteiger partial charge on any atom is -0.495 e. The van der Waals surface area contributed by atoms with Gasteiger partial charge in [-0.1, -0.05) is 6.07 Å². The van der Waals surface area contributed by atoms with Crippen molar-refractivity contribution in [2.24, 2.45) is 5.73 Å². The molecule has 0 amide bonds. The fraction of sp³-hybridized carbons (Fsp3) is 0.417. The highest BCUT2D eigenvalue weighted by Crippen LogP contribution is 2.34. The molecule has 92 valence electrons. The molecular formula is C12H16N2O3. The van der Waals surface area contributed by atoms with E-state index in [2.05, 4.69) is 4.98 Å². The van der Waals surface area contributed by atoms with Gasteiger partial charge in [-0.3, -0.25) is 4.79 Å². The number of aliphatic hydroxyl groups excluding tert-OH is 1. The summed E-state index contributed by atoms with van der Waals surface area (Å²) in [5.74, 6) is 0.545. The highest BCUT2D eigenvalue weighted by atomic mass is 16.5. The zero-order valence-corrected chi connectivity index (χ0v) is 9.64. The molecule has 5 nitrogen and oxygen atoms in total. The number of nitrogens with two attached hydrogens (primary N) is 1. The number of H-pyrrole nitrogens is 1. The smallest absolute Gasteiger partial charge is 0.248 e. The van der Waals surface area contributed by atoms with Crippen molar-refractivity contribution in [3.63, 3.8) is 0 Å². The molecule has 1 aromatic rings. The molecule has 0 spiro atoms. The number of hydrogen-bond acceptors (Lipinski definition) is 4. The predicted octanol–water partition coefficient (Wildman–Crippen LogP) is 0.169. The molecule has 1 aromatic heterocycles. The summed E-state index contributed by atoms with van der Waals surface area (Å²) in [4.78, 5) is 14.1. The normalized spacial score (nSPS) is 20.4. The number of allylic oxidation sites excluding steroid dienone is 1. The van der Waals surface area contributed by atoms with Gasteiger partial charge < -0.3 is 20.6 Å². The molecule has 0 bridgehead atoms. The average Bonchev–Trinajstić information content (AvgIpc) is 2.36. The van der Waals surface area contributed by atoms with Gasteiger partial charge in [0.2, 0.25) is 5.56 Å². The van der Waals surface area contributed by atoms with Gasteiger partial charge in [0.15, 0.2) is 0 Å². The maximum atomic E-state index is 11.3. The van der Waals surface area contributed by atoms with Crippen LogP contribution >= 0.6 is 0 Å². The number of ether oxygens (including phenoxy) is 1. The second kappa shape index (κ2) is 4.73. The van der Waals surface area contributed by atoms with Gasteiger partial charge >= 0.3 is 0 Å². The molecule has 0 radical (unpaired) electrons. The van der Waals surface area contributed by atoms with Crippen LogP contribution in [0.15, 0.2) is 23.0 Å². The van der Waals surface area contributed by atoms with Gasteiger partial charge in [0.25, 0.3) is 0 Å². The Balaban J connectivity index is 2.50. The van der Waals surface area contributed by atoms with E-state index in [4.69, 9.17) is 10.5 Å². The standard InChI is InChI=1S/C12H16N2O3/c1-17-10-4-2-7(9(15)6-13)8-3-5-11(16)14-12(8)10/h3-5,7,9,15H,2,6,13H2,1H3,(H,14,16)/t7-,9+/m1/s1. The molecule has 0 unspecified atom stereocenters. The molecule has 0 aliphatic heterocycles. The second-order valence-corrected chi connectivity index (χ2v) is 4.07. The maximum absolute atomic E-state index is 11.3. The lowest BCUT2D eigenvalue weighted by molar-refractivity contribution is 0.149. The number of aromatic amines is 1. The Morgan fingerprint density at radius 1 is 1.65 bits per heavy atom. The molecule has 4 N–H and O–H groups in total. The molecule has 2 rings (SSSR count). The molecule has 1 heterocycles. The Hall–Kier alpha value is -1.59. The lowest BCUT2D eigenvalue weighted by Crippen LogP contribution is -2.30. The number of pyridine rings is 1. The highest BCUT2D eigenvalue weighted by molar-refractivity contribution is 5.62. The van der Waals surface area contributed by atoms with E-state index in [0.29, 0.717) is 17.9 Å². The minimum absolute atomic E-state index is 0.0919. The molecule has 0 fully saturated rings. The summed E-state index contributed by atoms with van der Waals surface area (Å²) in [6.45, 7) is 0.194. The van der Waals surface area contributed by atoms with Crippen molar-refractivity contribution in [3.05, 3.63) is 39.8 Å². The Bertz CT molecular complexity index is 493. The van der Waals surface area contributed by atoms with E-state index in [9.17, 15) is 9.90 Å². The first kappa shape index (κ1) is 11.9. The van der Waals surface area contributed by atoms with Gasteiger partial charge in [-0.05, 0) is 18.1 Å². The first-order chi connectivity index (χ1) is 8.17. The van der Waals surface area contributed by atoms with Crippen LogP contribution in [-0.2, 0) is 4.74 Å². The molecular weight excluding hydrogens is 220 g/mol. The van der Waals surface area contributed by atoms with Crippen molar-refractivity contribution in [1.29, 1.82) is 0 Å². The molecule has 1 aliphatic carbocycles. The van der Waals surface area contributed by atoms with E-state index in [1.54, 1.807) is 13.2 Å². The maximum Gasteiger partial charge on any atom is 0.248 e. The lowest BCUT2D eigenvalue weighted by Gasteiger charge is -2.27. The van der Waals surface area contributed by atoms with Gasteiger partial charge in [0.05, 0.1) is 18.9 Å². The van der Waals surface area contributed by atoms with Crippen molar-refractivity contribution in [2.45, 2.75) is 18.4 Å². The van der Waals surface area contributed by atoms with Gasteiger partial charge in [0, 0.05) is 18.5 Å². The van der Waals surface area contributed by atoms with Crippen molar-refractivity contribution < 1.29 is 9.84 Å². The topological polar surface area (TPSA) is 88.3 Å². The summed E-state index contributed by atoms with van der Waals surface area (Å²) in [7, 11) is 1.56. The van der Waals surface area contributed by atoms with Crippen LogP contribution < -0.4 is 11.3 Å². The number of aliphatic hydroxyl groups is 1. The molecule has 17 heavy (non-hydrogen) atoms. The van der Waals surface area contributed by atoms with E-state index in [0.717, 1.165) is 5.56 Å². The second-order valence-electron chi connectivity index (χ2n) is 4.07. The van der Waals surface area contributed by atoms with Crippen molar-refractivity contribution >= 4 is 5.76 Å². The van der Waals surface area contributed by atoms with Crippen LogP contribution in [0.25, 0.3) is 5.76 Å². The Kier molecular flexibility index (Phi) is 3.31. The van der Waals surface area contributed by atoms with Crippen molar-refractivity contribution in [3.8, 4) is 0 Å². The van der Waals surface area contributed by atoms with Crippen LogP contribution in [0.5, 0.6) is 0 Å². The van der Waals surface area contributed by atoms with E-state index in [-0.39, 0.29) is 18.0 Å². The summed E-state index contributed by atoms with van der Waals surface area (Å²) in [6, 6.07) is 3.18. The van der Waals surface area contributed by atoms with Crippen LogP contribution in [0.4, 0.5) is 0 Å². The summed E-state index contributed by atoms with van der Waals surface area (Å²) in [5.41, 5.74) is 6.82. The van der Waals surface area contributed by atoms with Gasteiger partial charge in [0.1, 0.15) is 5.76 Å². The van der Waals surface area contributed by atoms with E-state index in [1.165, 1.54) is 6.07 Å². The fourth-order valence-corrected chi connectivity index (χ4v) is 2.18. The Morgan fingerprint density at radius 2 is 2.41 bits per heavy atom. The number of nitrogens with one attached hydrogen (secondary N) is 1. The molecule has 2 atom stereocenters. The largest absolute Gasteiger partial charge is 0.495 e. The molecule has 0 saturated carbocycles. The quantitative estimate of drug-likeness (QED) is 0.698.